The first-order valence-corrected chi connectivity index (χ1v) is 5.39. The van der Waals surface area contributed by atoms with Gasteiger partial charge in [-0.05, 0) is 30.0 Å². The highest BCUT2D eigenvalue weighted by molar-refractivity contribution is 7.99. The lowest BCUT2D eigenvalue weighted by Gasteiger charge is -2.09. The number of hydrogen-bond donors (Lipinski definition) is 1. The van der Waals surface area contributed by atoms with E-state index in [1.807, 2.05) is 12.1 Å². The summed E-state index contributed by atoms with van der Waals surface area (Å²) in [5, 5.41) is 1.09. The van der Waals surface area contributed by atoms with Gasteiger partial charge < -0.3 is 0 Å². The molecule has 0 aromatic heterocycles. The summed E-state index contributed by atoms with van der Waals surface area (Å²) in [4.78, 5) is 12.6. The maximum atomic E-state index is 11.4. The summed E-state index contributed by atoms with van der Waals surface area (Å²) in [6.45, 7) is 2.09. The van der Waals surface area contributed by atoms with Crippen LogP contribution in [0.3, 0.4) is 0 Å². The molecule has 0 aliphatic carbocycles. The first-order valence-electron chi connectivity index (χ1n) is 4.40. The maximum absolute atomic E-state index is 11.4. The normalized spacial score (nSPS) is 9.93. The molecule has 3 nitrogen and oxygen atoms in total. The Morgan fingerprint density at radius 1 is 1.43 bits per heavy atom. The van der Waals surface area contributed by atoms with E-state index in [0.29, 0.717) is 5.56 Å². The SMILES string of the molecule is CCSc1ccc(C(=O)N(C)N)cc1. The predicted octanol–water partition coefficient (Wildman–Crippen LogP) is 1.74. The largest absolute Gasteiger partial charge is 0.280 e. The predicted molar refractivity (Wildman–Crippen MR) is 59.1 cm³/mol. The molecule has 1 aromatic rings. The van der Waals surface area contributed by atoms with E-state index < -0.39 is 0 Å². The minimum absolute atomic E-state index is 0.168. The number of nitrogens with two attached hydrogens (primary N) is 1. The van der Waals surface area contributed by atoms with Gasteiger partial charge in [-0.3, -0.25) is 9.80 Å². The summed E-state index contributed by atoms with van der Waals surface area (Å²) in [7, 11) is 1.54. The van der Waals surface area contributed by atoms with Crippen LogP contribution < -0.4 is 5.84 Å². The van der Waals surface area contributed by atoms with Crippen LogP contribution in [-0.4, -0.2) is 23.7 Å². The number of hydrogen-bond acceptors (Lipinski definition) is 3. The van der Waals surface area contributed by atoms with Gasteiger partial charge in [-0.15, -0.1) is 11.8 Å². The number of carbonyl (C=O) groups is 1. The molecule has 0 heterocycles. The molecule has 76 valence electrons. The van der Waals surface area contributed by atoms with E-state index in [2.05, 4.69) is 6.92 Å². The van der Waals surface area contributed by atoms with E-state index in [1.165, 1.54) is 11.9 Å². The Labute approximate surface area is 88.2 Å². The molecule has 0 saturated heterocycles. The molecule has 1 aromatic carbocycles. The van der Waals surface area contributed by atoms with Crippen molar-refractivity contribution in [3.05, 3.63) is 29.8 Å². The molecule has 0 aliphatic heterocycles. The van der Waals surface area contributed by atoms with Gasteiger partial charge in [0, 0.05) is 17.5 Å². The summed E-state index contributed by atoms with van der Waals surface area (Å²) in [6, 6.07) is 7.46. The van der Waals surface area contributed by atoms with Crippen LogP contribution in [0.1, 0.15) is 17.3 Å². The zero-order valence-corrected chi connectivity index (χ0v) is 9.17. The molecule has 0 aliphatic rings. The Balaban J connectivity index is 2.78. The van der Waals surface area contributed by atoms with E-state index in [1.54, 1.807) is 23.9 Å². The fourth-order valence-electron chi connectivity index (χ4n) is 1.06. The van der Waals surface area contributed by atoms with Crippen molar-refractivity contribution in [2.45, 2.75) is 11.8 Å². The molecular weight excluding hydrogens is 196 g/mol. The third-order valence-electron chi connectivity index (χ3n) is 1.73. The van der Waals surface area contributed by atoms with Gasteiger partial charge in [-0.1, -0.05) is 6.92 Å². The highest BCUT2D eigenvalue weighted by Crippen LogP contribution is 2.17. The number of thioether (sulfide) groups is 1. The summed E-state index contributed by atoms with van der Waals surface area (Å²) < 4.78 is 0. The number of rotatable bonds is 3. The number of amides is 1. The second-order valence-electron chi connectivity index (χ2n) is 2.87. The summed E-state index contributed by atoms with van der Waals surface area (Å²) >= 11 is 1.75. The molecule has 0 saturated carbocycles. The monoisotopic (exact) mass is 210 g/mol. The molecule has 0 atom stereocenters. The van der Waals surface area contributed by atoms with Crippen molar-refractivity contribution in [3.63, 3.8) is 0 Å². The average Bonchev–Trinajstić information content (AvgIpc) is 2.18. The van der Waals surface area contributed by atoms with E-state index in [4.69, 9.17) is 5.84 Å². The third kappa shape index (κ3) is 2.75. The van der Waals surface area contributed by atoms with Crippen LogP contribution >= 0.6 is 11.8 Å². The lowest BCUT2D eigenvalue weighted by Crippen LogP contribution is -2.32. The zero-order chi connectivity index (χ0) is 10.6. The van der Waals surface area contributed by atoms with Gasteiger partial charge >= 0.3 is 0 Å². The average molecular weight is 210 g/mol. The number of carbonyl (C=O) groups excluding carboxylic acids is 1. The first kappa shape index (κ1) is 11.1. The zero-order valence-electron chi connectivity index (χ0n) is 8.36. The maximum Gasteiger partial charge on any atom is 0.267 e. The van der Waals surface area contributed by atoms with Gasteiger partial charge in [0.25, 0.3) is 5.91 Å². The molecule has 0 bridgehead atoms. The molecule has 0 spiro atoms. The van der Waals surface area contributed by atoms with Gasteiger partial charge in [-0.25, -0.2) is 5.84 Å². The second-order valence-corrected chi connectivity index (χ2v) is 4.21. The minimum Gasteiger partial charge on any atom is -0.280 e. The Kier molecular flexibility index (Phi) is 3.98. The van der Waals surface area contributed by atoms with Crippen LogP contribution in [0.5, 0.6) is 0 Å². The molecule has 1 rings (SSSR count). The van der Waals surface area contributed by atoms with E-state index in [0.717, 1.165) is 10.8 Å². The van der Waals surface area contributed by atoms with E-state index in [-0.39, 0.29) is 5.91 Å². The number of hydrazine groups is 1. The quantitative estimate of drug-likeness (QED) is 0.358. The smallest absolute Gasteiger partial charge is 0.267 e. The summed E-state index contributed by atoms with van der Waals surface area (Å²) in [5.41, 5.74) is 0.621. The molecule has 4 heteroatoms. The molecule has 0 fully saturated rings. The minimum atomic E-state index is -0.168. The molecule has 0 unspecified atom stereocenters. The van der Waals surface area contributed by atoms with Gasteiger partial charge in [0.05, 0.1) is 0 Å². The van der Waals surface area contributed by atoms with Crippen LogP contribution in [0.2, 0.25) is 0 Å². The van der Waals surface area contributed by atoms with E-state index in [9.17, 15) is 4.79 Å². The van der Waals surface area contributed by atoms with Crippen molar-refractivity contribution in [1.29, 1.82) is 0 Å². The van der Waals surface area contributed by atoms with Crippen molar-refractivity contribution in [2.75, 3.05) is 12.8 Å². The fraction of sp³-hybridized carbons (Fsp3) is 0.300. The van der Waals surface area contributed by atoms with Crippen molar-refractivity contribution in [2.24, 2.45) is 5.84 Å². The Morgan fingerprint density at radius 3 is 2.43 bits per heavy atom. The van der Waals surface area contributed by atoms with Gasteiger partial charge in [0.1, 0.15) is 0 Å². The molecule has 0 radical (unpaired) electrons. The highest BCUT2D eigenvalue weighted by atomic mass is 32.2. The lowest BCUT2D eigenvalue weighted by atomic mass is 10.2. The van der Waals surface area contributed by atoms with Gasteiger partial charge in [0.2, 0.25) is 0 Å². The van der Waals surface area contributed by atoms with Crippen molar-refractivity contribution < 1.29 is 4.79 Å². The first-order chi connectivity index (χ1) is 6.65. The molecule has 1 amide bonds. The Bertz CT molecular complexity index is 308. The second kappa shape index (κ2) is 5.02. The van der Waals surface area contributed by atoms with Crippen molar-refractivity contribution >= 4 is 17.7 Å². The number of benzene rings is 1. The van der Waals surface area contributed by atoms with Crippen LogP contribution in [0.15, 0.2) is 29.2 Å². The standard InChI is InChI=1S/C10H14N2OS/c1-3-14-9-6-4-8(5-7-9)10(13)12(2)11/h4-7H,3,11H2,1-2H3. The highest BCUT2D eigenvalue weighted by Gasteiger charge is 2.07. The topological polar surface area (TPSA) is 46.3 Å². The summed E-state index contributed by atoms with van der Waals surface area (Å²) in [6.07, 6.45) is 0. The van der Waals surface area contributed by atoms with Crippen LogP contribution in [-0.2, 0) is 0 Å². The Hall–Kier alpha value is -1.00. The third-order valence-corrected chi connectivity index (χ3v) is 2.63. The number of nitrogens with zero attached hydrogens (tertiary/aromatic N) is 1. The molecule has 2 N–H and O–H groups in total. The van der Waals surface area contributed by atoms with Crippen LogP contribution in [0.4, 0.5) is 0 Å². The van der Waals surface area contributed by atoms with Crippen molar-refractivity contribution in [1.82, 2.24) is 5.01 Å². The molecular formula is C10H14N2OS. The molecule has 14 heavy (non-hydrogen) atoms. The summed E-state index contributed by atoms with van der Waals surface area (Å²) in [5.74, 6) is 6.21. The van der Waals surface area contributed by atoms with E-state index >= 15 is 0 Å². The lowest BCUT2D eigenvalue weighted by molar-refractivity contribution is 0.0795. The van der Waals surface area contributed by atoms with Crippen LogP contribution in [0, 0.1) is 0 Å². The van der Waals surface area contributed by atoms with Crippen molar-refractivity contribution in [3.8, 4) is 0 Å². The fourth-order valence-corrected chi connectivity index (χ4v) is 1.73. The Morgan fingerprint density at radius 2 is 2.00 bits per heavy atom. The van der Waals surface area contributed by atoms with Crippen LogP contribution in [0.25, 0.3) is 0 Å². The van der Waals surface area contributed by atoms with Gasteiger partial charge in [-0.2, -0.15) is 0 Å². The van der Waals surface area contributed by atoms with Gasteiger partial charge in [0.15, 0.2) is 0 Å².